The van der Waals surface area contributed by atoms with Crippen molar-refractivity contribution in [1.82, 2.24) is 25.2 Å². The number of hydrogen-bond acceptors (Lipinski definition) is 6. The molecule has 228 valence electrons. The van der Waals surface area contributed by atoms with E-state index in [4.69, 9.17) is 0 Å². The van der Waals surface area contributed by atoms with Crippen LogP contribution in [-0.2, 0) is 36.7 Å². The first-order valence-electron chi connectivity index (χ1n) is 14.4. The van der Waals surface area contributed by atoms with Crippen LogP contribution in [0, 0.1) is 0 Å². The Morgan fingerprint density at radius 3 is 2.23 bits per heavy atom. The van der Waals surface area contributed by atoms with Crippen LogP contribution in [-0.4, -0.2) is 81.9 Å². The molecule has 0 aliphatic carbocycles. The Kier molecular flexibility index (Phi) is 11.5. The van der Waals surface area contributed by atoms with Gasteiger partial charge in [-0.05, 0) is 41.7 Å². The van der Waals surface area contributed by atoms with E-state index in [1.54, 1.807) is 10.6 Å². The minimum atomic E-state index is -1.38. The Bertz CT molecular complexity index is 1450. The maximum absolute atomic E-state index is 12.6. The number of ketones is 1. The predicted octanol–water partition coefficient (Wildman–Crippen LogP) is 2.08. The number of Topliss-reactive ketones (excluding diaryl/α,β-unsaturated/α-hetero) is 1. The second kappa shape index (κ2) is 15.5. The van der Waals surface area contributed by atoms with Crippen molar-refractivity contribution in [3.63, 3.8) is 0 Å². The van der Waals surface area contributed by atoms with Crippen molar-refractivity contribution in [3.05, 3.63) is 83.9 Å². The molecule has 1 aliphatic heterocycles. The molecular formula is C32H39N5O5S. The van der Waals surface area contributed by atoms with Crippen molar-refractivity contribution < 1.29 is 23.4 Å². The molecule has 43 heavy (non-hydrogen) atoms. The molecule has 3 N–H and O–H groups in total. The van der Waals surface area contributed by atoms with Gasteiger partial charge in [0.1, 0.15) is 0 Å². The molecule has 3 aromatic rings. The van der Waals surface area contributed by atoms with Gasteiger partial charge in [0.2, 0.25) is 17.6 Å². The molecule has 0 spiro atoms. The quantitative estimate of drug-likeness (QED) is 0.256. The third kappa shape index (κ3) is 9.03. The fourth-order valence-corrected chi connectivity index (χ4v) is 6.31. The summed E-state index contributed by atoms with van der Waals surface area (Å²) in [5, 5.41) is 9.84. The van der Waals surface area contributed by atoms with Crippen molar-refractivity contribution in [1.29, 1.82) is 0 Å². The molecule has 2 unspecified atom stereocenters. The van der Waals surface area contributed by atoms with Crippen molar-refractivity contribution in [2.75, 3.05) is 39.0 Å². The Morgan fingerprint density at radius 1 is 0.860 bits per heavy atom. The molecule has 1 fully saturated rings. The number of benzene rings is 3. The summed E-state index contributed by atoms with van der Waals surface area (Å²) in [5.74, 6) is -2.63. The summed E-state index contributed by atoms with van der Waals surface area (Å²) in [6, 6.07) is 24.1. The minimum Gasteiger partial charge on any atom is -0.347 e. The first-order chi connectivity index (χ1) is 20.7. The number of amides is 3. The van der Waals surface area contributed by atoms with E-state index in [-0.39, 0.29) is 31.7 Å². The molecule has 2 atom stereocenters. The highest BCUT2D eigenvalue weighted by atomic mass is 32.2. The Morgan fingerprint density at radius 2 is 1.51 bits per heavy atom. The van der Waals surface area contributed by atoms with Crippen molar-refractivity contribution in [3.8, 4) is 0 Å². The van der Waals surface area contributed by atoms with E-state index in [1.165, 1.54) is 16.3 Å². The summed E-state index contributed by atoms with van der Waals surface area (Å²) in [4.78, 5) is 51.3. The molecule has 3 amide bonds. The molecule has 0 aromatic heterocycles. The molecule has 0 saturated carbocycles. The van der Waals surface area contributed by atoms with Gasteiger partial charge in [0.25, 0.3) is 5.91 Å². The summed E-state index contributed by atoms with van der Waals surface area (Å²) in [6.07, 6.45) is 3.08. The first kappa shape index (κ1) is 32.0. The third-order valence-electron chi connectivity index (χ3n) is 7.80. The van der Waals surface area contributed by atoms with Crippen molar-refractivity contribution >= 4 is 45.3 Å². The second-order valence-electron chi connectivity index (χ2n) is 10.7. The lowest BCUT2D eigenvalue weighted by Gasteiger charge is -2.39. The van der Waals surface area contributed by atoms with E-state index in [0.717, 1.165) is 31.5 Å². The Hall–Kier alpha value is -3.93. The van der Waals surface area contributed by atoms with Gasteiger partial charge in [-0.1, -0.05) is 72.8 Å². The average Bonchev–Trinajstić information content (AvgIpc) is 3.03. The van der Waals surface area contributed by atoms with Gasteiger partial charge >= 0.3 is 0 Å². The molecular weight excluding hydrogens is 566 g/mol. The second-order valence-corrected chi connectivity index (χ2v) is 12.0. The van der Waals surface area contributed by atoms with E-state index in [0.29, 0.717) is 0 Å². The number of hydrogen-bond donors (Lipinski definition) is 3. The number of carbonyl (C=O) groups is 4. The molecule has 0 radical (unpaired) electrons. The van der Waals surface area contributed by atoms with E-state index < -0.39 is 41.0 Å². The van der Waals surface area contributed by atoms with Gasteiger partial charge in [-0.2, -0.15) is 0 Å². The Balaban J connectivity index is 1.19. The maximum Gasteiger partial charge on any atom is 0.289 e. The van der Waals surface area contributed by atoms with E-state index >= 15 is 0 Å². The van der Waals surface area contributed by atoms with E-state index in [9.17, 15) is 23.4 Å². The van der Waals surface area contributed by atoms with Gasteiger partial charge in [-0.15, -0.1) is 0 Å². The van der Waals surface area contributed by atoms with Crippen LogP contribution in [0.2, 0.25) is 0 Å². The summed E-state index contributed by atoms with van der Waals surface area (Å²) in [5.41, 5.74) is 2.12. The minimum absolute atomic E-state index is 0.0339. The lowest BCUT2D eigenvalue weighted by Crippen LogP contribution is -2.50. The molecule has 3 aromatic carbocycles. The number of piperidine rings is 1. The van der Waals surface area contributed by atoms with Crippen LogP contribution in [0.25, 0.3) is 10.8 Å². The van der Waals surface area contributed by atoms with Gasteiger partial charge in [-0.3, -0.25) is 24.1 Å². The van der Waals surface area contributed by atoms with E-state index in [2.05, 4.69) is 64.2 Å². The van der Waals surface area contributed by atoms with E-state index in [1.807, 2.05) is 36.4 Å². The molecule has 10 nitrogen and oxygen atoms in total. The van der Waals surface area contributed by atoms with Crippen LogP contribution in [0.1, 0.15) is 36.9 Å². The highest BCUT2D eigenvalue weighted by Crippen LogP contribution is 2.31. The number of nitrogens with zero attached hydrogens (tertiary/aromatic N) is 2. The van der Waals surface area contributed by atoms with Crippen LogP contribution in [0.5, 0.6) is 0 Å². The standard InChI is InChI=1S/C32H39N5O5S/c1-23(27-14-8-12-25-11-6-7-13-28(25)27)36-17-15-26(16-18-36)37(43(2)42)22-31(40)34-21-30(39)33-20-29(38)32(41)35-19-24-9-4-3-5-10-24/h3-14,23,26H,15-22H2,1-2H3,(H,33,39)(H,34,40)(H,35,41). The Labute approximate surface area is 254 Å². The first-order valence-corrected chi connectivity index (χ1v) is 15.9. The summed E-state index contributed by atoms with van der Waals surface area (Å²) < 4.78 is 14.2. The molecule has 4 rings (SSSR count). The van der Waals surface area contributed by atoms with Crippen LogP contribution >= 0.6 is 0 Å². The lowest BCUT2D eigenvalue weighted by molar-refractivity contribution is -0.138. The largest absolute Gasteiger partial charge is 0.347 e. The summed E-state index contributed by atoms with van der Waals surface area (Å²) >= 11 is 0. The smallest absolute Gasteiger partial charge is 0.289 e. The monoisotopic (exact) mass is 605 g/mol. The summed E-state index contributed by atoms with van der Waals surface area (Å²) in [7, 11) is -1.38. The normalized spacial score (nSPS) is 15.5. The number of nitrogens with one attached hydrogen (secondary N) is 3. The van der Waals surface area contributed by atoms with Crippen LogP contribution < -0.4 is 16.0 Å². The molecule has 1 heterocycles. The summed E-state index contributed by atoms with van der Waals surface area (Å²) in [6.45, 7) is 3.08. The molecule has 1 saturated heterocycles. The average molecular weight is 606 g/mol. The van der Waals surface area contributed by atoms with Gasteiger partial charge in [0.05, 0.1) is 30.6 Å². The van der Waals surface area contributed by atoms with Crippen molar-refractivity contribution in [2.24, 2.45) is 0 Å². The predicted molar refractivity (Wildman–Crippen MR) is 167 cm³/mol. The fraction of sp³-hybridized carbons (Fsp3) is 0.375. The topological polar surface area (TPSA) is 128 Å². The molecule has 0 bridgehead atoms. The van der Waals surface area contributed by atoms with Crippen molar-refractivity contribution in [2.45, 2.75) is 38.4 Å². The number of carbonyl (C=O) groups excluding carboxylic acids is 4. The molecule has 1 aliphatic rings. The number of rotatable bonds is 13. The number of fused-ring (bicyclic) bond motifs is 1. The third-order valence-corrected chi connectivity index (χ3v) is 8.89. The zero-order chi connectivity index (χ0) is 30.8. The van der Waals surface area contributed by atoms with Gasteiger partial charge in [-0.25, -0.2) is 8.51 Å². The molecule has 11 heteroatoms. The SMILES string of the molecule is CC(c1cccc2ccccc12)N1CCC(N(CC(=O)NCC(=O)NCC(=O)C(=O)NCc2ccccc2)S(C)=O)CC1. The van der Waals surface area contributed by atoms with Crippen LogP contribution in [0.3, 0.4) is 0 Å². The number of likely N-dealkylation sites (tertiary alicyclic amines) is 1. The zero-order valence-electron chi connectivity index (χ0n) is 24.6. The van der Waals surface area contributed by atoms with Gasteiger partial charge in [0.15, 0.2) is 0 Å². The lowest BCUT2D eigenvalue weighted by atomic mass is 9.96. The fourth-order valence-electron chi connectivity index (χ4n) is 5.38. The zero-order valence-corrected chi connectivity index (χ0v) is 25.4. The van der Waals surface area contributed by atoms with Crippen LogP contribution in [0.4, 0.5) is 0 Å². The highest BCUT2D eigenvalue weighted by Gasteiger charge is 2.30. The van der Waals surface area contributed by atoms with Crippen LogP contribution in [0.15, 0.2) is 72.8 Å². The highest BCUT2D eigenvalue weighted by molar-refractivity contribution is 7.81. The maximum atomic E-state index is 12.6. The van der Waals surface area contributed by atoms with Gasteiger partial charge < -0.3 is 16.0 Å². The van der Waals surface area contributed by atoms with Gasteiger partial charge in [0, 0.05) is 38.0 Å².